The Hall–Kier alpha value is -4.36. The quantitative estimate of drug-likeness (QED) is 0.274. The van der Waals surface area contributed by atoms with Crippen LogP contribution in [0.4, 0.5) is 0 Å². The Morgan fingerprint density at radius 1 is 0.548 bits per heavy atom. The second-order valence-electron chi connectivity index (χ2n) is 11.9. The topological polar surface area (TPSA) is 78.0 Å². The van der Waals surface area contributed by atoms with Crippen LogP contribution in [0.3, 0.4) is 0 Å². The van der Waals surface area contributed by atoms with E-state index in [0.717, 1.165) is 45.5 Å². The van der Waals surface area contributed by atoms with Crippen LogP contribution < -0.4 is 0 Å². The zero-order valence-electron chi connectivity index (χ0n) is 24.3. The van der Waals surface area contributed by atoms with Crippen LogP contribution >= 0.6 is 0 Å². The summed E-state index contributed by atoms with van der Waals surface area (Å²) in [6.07, 6.45) is 3.18. The maximum atomic E-state index is 13.4. The minimum Gasteiger partial charge on any atom is -0.306 e. The molecule has 0 saturated carbocycles. The molecule has 1 aliphatic carbocycles. The summed E-state index contributed by atoms with van der Waals surface area (Å²) in [5, 5.41) is 3.69. The molecular formula is C35H33N3O4. The van der Waals surface area contributed by atoms with Gasteiger partial charge in [0.2, 0.25) is 0 Å². The Morgan fingerprint density at radius 3 is 1.36 bits per heavy atom. The molecule has 0 spiro atoms. The van der Waals surface area contributed by atoms with E-state index in [1.165, 1.54) is 20.9 Å². The Balaban J connectivity index is 0.968. The average molecular weight is 560 g/mol. The standard InChI is InChI=1S/C35H33N3O4/c1-20-6-12-24-30-25(13-7-21(2)28(20)30)33(40)37(32(24)39)18-4-16-36(3)17-5-19-38-34(41)26-14-10-22-8-9-23-11-15-27(35(38)42)31(26)29(22)23/h6-7,10-15H,4-5,8-9,16-19H2,1-3H3. The minimum absolute atomic E-state index is 0.214. The first kappa shape index (κ1) is 26.5. The summed E-state index contributed by atoms with van der Waals surface area (Å²) in [4.78, 5) is 58.3. The van der Waals surface area contributed by atoms with E-state index < -0.39 is 0 Å². The lowest BCUT2D eigenvalue weighted by Crippen LogP contribution is -2.42. The zero-order valence-corrected chi connectivity index (χ0v) is 24.3. The largest absolute Gasteiger partial charge is 0.306 e. The maximum Gasteiger partial charge on any atom is 0.261 e. The van der Waals surface area contributed by atoms with Gasteiger partial charge in [0.25, 0.3) is 23.6 Å². The van der Waals surface area contributed by atoms with Crippen molar-refractivity contribution in [1.29, 1.82) is 0 Å². The lowest BCUT2D eigenvalue weighted by Gasteiger charge is -2.29. The number of amides is 4. The van der Waals surface area contributed by atoms with E-state index >= 15 is 0 Å². The van der Waals surface area contributed by atoms with E-state index in [1.807, 2.05) is 69.4 Å². The fourth-order valence-corrected chi connectivity index (χ4v) is 7.19. The molecular weight excluding hydrogens is 526 g/mol. The van der Waals surface area contributed by atoms with Crippen molar-refractivity contribution in [1.82, 2.24) is 14.7 Å². The zero-order chi connectivity index (χ0) is 29.3. The first-order chi connectivity index (χ1) is 20.3. The van der Waals surface area contributed by atoms with E-state index in [-0.39, 0.29) is 23.6 Å². The highest BCUT2D eigenvalue weighted by Crippen LogP contribution is 2.38. The van der Waals surface area contributed by atoms with Gasteiger partial charge in [0.05, 0.1) is 0 Å². The van der Waals surface area contributed by atoms with Crippen LogP contribution in [0.2, 0.25) is 0 Å². The van der Waals surface area contributed by atoms with Crippen molar-refractivity contribution in [3.63, 3.8) is 0 Å². The number of rotatable bonds is 8. The number of carbonyl (C=O) groups is 4. The first-order valence-electron chi connectivity index (χ1n) is 14.8. The molecule has 7 nitrogen and oxygen atoms in total. The second-order valence-corrected chi connectivity index (χ2v) is 11.9. The van der Waals surface area contributed by atoms with Crippen LogP contribution in [0.25, 0.3) is 21.5 Å². The molecule has 0 unspecified atom stereocenters. The summed E-state index contributed by atoms with van der Waals surface area (Å²) in [5.41, 5.74) is 6.99. The summed E-state index contributed by atoms with van der Waals surface area (Å²) < 4.78 is 0. The van der Waals surface area contributed by atoms with Crippen molar-refractivity contribution >= 4 is 45.2 Å². The fraction of sp³-hybridized carbons (Fsp3) is 0.314. The molecule has 2 aliphatic heterocycles. The van der Waals surface area contributed by atoms with Gasteiger partial charge < -0.3 is 4.90 Å². The van der Waals surface area contributed by atoms with Crippen molar-refractivity contribution in [2.24, 2.45) is 0 Å². The maximum absolute atomic E-state index is 13.4. The van der Waals surface area contributed by atoms with E-state index in [0.29, 0.717) is 61.3 Å². The molecule has 0 fully saturated rings. The van der Waals surface area contributed by atoms with E-state index in [4.69, 9.17) is 0 Å². The van der Waals surface area contributed by atoms with Gasteiger partial charge in [-0.3, -0.25) is 29.0 Å². The summed E-state index contributed by atoms with van der Waals surface area (Å²) in [7, 11) is 1.98. The molecule has 2 heterocycles. The van der Waals surface area contributed by atoms with E-state index in [2.05, 4.69) is 4.90 Å². The van der Waals surface area contributed by atoms with Crippen LogP contribution in [-0.4, -0.2) is 71.6 Å². The highest BCUT2D eigenvalue weighted by Gasteiger charge is 2.35. The molecule has 0 aromatic heterocycles. The molecule has 0 saturated heterocycles. The van der Waals surface area contributed by atoms with Crippen LogP contribution in [0, 0.1) is 13.8 Å². The van der Waals surface area contributed by atoms with Crippen LogP contribution in [-0.2, 0) is 12.8 Å². The monoisotopic (exact) mass is 559 g/mol. The summed E-state index contributed by atoms with van der Waals surface area (Å²) >= 11 is 0. The number of carbonyl (C=O) groups excluding carboxylic acids is 4. The van der Waals surface area contributed by atoms with E-state index in [1.54, 1.807) is 0 Å². The highest BCUT2D eigenvalue weighted by atomic mass is 16.2. The van der Waals surface area contributed by atoms with Gasteiger partial charge >= 0.3 is 0 Å². The molecule has 0 N–H and O–H groups in total. The lowest BCUT2D eigenvalue weighted by molar-refractivity contribution is 0.0596. The van der Waals surface area contributed by atoms with Gasteiger partial charge in [-0.05, 0) is 117 Å². The summed E-state index contributed by atoms with van der Waals surface area (Å²) in [6, 6.07) is 15.4. The number of nitrogens with zero attached hydrogens (tertiary/aromatic N) is 3. The molecule has 42 heavy (non-hydrogen) atoms. The molecule has 0 bridgehead atoms. The molecule has 4 aromatic rings. The number of hydrogen-bond acceptors (Lipinski definition) is 5. The van der Waals surface area contributed by atoms with Gasteiger partial charge in [0.15, 0.2) is 0 Å². The van der Waals surface area contributed by atoms with Crippen LogP contribution in [0.15, 0.2) is 48.5 Å². The lowest BCUT2D eigenvalue weighted by atomic mass is 9.89. The van der Waals surface area contributed by atoms with Crippen molar-refractivity contribution in [2.45, 2.75) is 39.5 Å². The fourth-order valence-electron chi connectivity index (χ4n) is 7.19. The van der Waals surface area contributed by atoms with Crippen molar-refractivity contribution < 1.29 is 19.2 Å². The Bertz CT molecular complexity index is 1700. The molecule has 4 aromatic carbocycles. The van der Waals surface area contributed by atoms with Gasteiger partial charge in [-0.1, -0.05) is 24.3 Å². The third-order valence-electron chi connectivity index (χ3n) is 9.32. The Labute approximate surface area is 244 Å². The molecule has 7 rings (SSSR count). The summed E-state index contributed by atoms with van der Waals surface area (Å²) in [5.74, 6) is -0.905. The molecule has 3 aliphatic rings. The van der Waals surface area contributed by atoms with E-state index in [9.17, 15) is 19.2 Å². The normalized spacial score (nSPS) is 15.7. The smallest absolute Gasteiger partial charge is 0.261 e. The van der Waals surface area contributed by atoms with Gasteiger partial charge in [-0.15, -0.1) is 0 Å². The average Bonchev–Trinajstić information content (AvgIpc) is 3.40. The highest BCUT2D eigenvalue weighted by molar-refractivity contribution is 6.27. The predicted octanol–water partition coefficient (Wildman–Crippen LogP) is 5.31. The Kier molecular flexibility index (Phi) is 6.24. The molecule has 0 radical (unpaired) electrons. The Morgan fingerprint density at radius 2 is 0.929 bits per heavy atom. The van der Waals surface area contributed by atoms with Crippen molar-refractivity contribution in [2.75, 3.05) is 33.2 Å². The SMILES string of the molecule is Cc1ccc2c3c(ccc(C)c13)C(=O)N(CCCN(C)CCCN1C(=O)c3ccc4c5c(ccc(c35)C1=O)CC4)C2=O. The molecule has 4 amide bonds. The first-order valence-corrected chi connectivity index (χ1v) is 14.8. The minimum atomic E-state index is -0.238. The molecule has 7 heteroatoms. The van der Waals surface area contributed by atoms with Crippen LogP contribution in [0.5, 0.6) is 0 Å². The van der Waals surface area contributed by atoms with Gasteiger partial charge in [-0.2, -0.15) is 0 Å². The number of aryl methyl sites for hydroxylation is 4. The van der Waals surface area contributed by atoms with Crippen molar-refractivity contribution in [3.8, 4) is 0 Å². The predicted molar refractivity (Wildman–Crippen MR) is 162 cm³/mol. The van der Waals surface area contributed by atoms with Gasteiger partial charge in [-0.25, -0.2) is 0 Å². The van der Waals surface area contributed by atoms with Crippen molar-refractivity contribution in [3.05, 3.63) is 93.0 Å². The molecule has 0 atom stereocenters. The second kappa shape index (κ2) is 9.88. The van der Waals surface area contributed by atoms with Gasteiger partial charge in [0.1, 0.15) is 0 Å². The third kappa shape index (κ3) is 3.91. The number of benzene rings is 4. The number of imide groups is 2. The third-order valence-corrected chi connectivity index (χ3v) is 9.32. The number of hydrogen-bond donors (Lipinski definition) is 0. The van der Waals surface area contributed by atoms with Crippen LogP contribution in [0.1, 0.15) is 76.5 Å². The van der Waals surface area contributed by atoms with Gasteiger partial charge in [0, 0.05) is 46.1 Å². The molecule has 212 valence electrons. The summed E-state index contributed by atoms with van der Waals surface area (Å²) in [6.45, 7) is 6.05.